The van der Waals surface area contributed by atoms with Gasteiger partial charge in [0.1, 0.15) is 11.6 Å². The molecule has 0 fully saturated rings. The molecule has 0 aromatic heterocycles. The third-order valence-corrected chi connectivity index (χ3v) is 5.93. The lowest BCUT2D eigenvalue weighted by molar-refractivity contribution is 0.538. The molecule has 0 saturated heterocycles. The van der Waals surface area contributed by atoms with Crippen molar-refractivity contribution in [2.75, 3.05) is 10.7 Å². The van der Waals surface area contributed by atoms with Crippen LogP contribution in [-0.4, -0.2) is 10.7 Å². The Bertz CT molecular complexity index is 622. The molecule has 0 radical (unpaired) electrons. The van der Waals surface area contributed by atoms with Crippen LogP contribution in [0.1, 0.15) is 16.7 Å². The van der Waals surface area contributed by atoms with Crippen molar-refractivity contribution >= 4 is 31.9 Å². The summed E-state index contributed by atoms with van der Waals surface area (Å²) < 4.78 is 26.8. The van der Waals surface area contributed by atoms with Gasteiger partial charge >= 0.3 is 0 Å². The number of aryl methyl sites for hydroxylation is 1. The van der Waals surface area contributed by atoms with Gasteiger partial charge in [0.2, 0.25) is 0 Å². The van der Waals surface area contributed by atoms with Gasteiger partial charge in [-0.3, -0.25) is 0 Å². The van der Waals surface area contributed by atoms with Gasteiger partial charge in [0, 0.05) is 16.1 Å². The minimum atomic E-state index is -0.273. The Morgan fingerprint density at radius 2 is 1.62 bits per heavy atom. The summed E-state index contributed by atoms with van der Waals surface area (Å²) in [6.07, 6.45) is 0.707. The molecule has 0 spiro atoms. The number of benzene rings is 2. The van der Waals surface area contributed by atoms with Crippen LogP contribution >= 0.6 is 31.9 Å². The molecule has 0 N–H and O–H groups in total. The average molecular weight is 418 g/mol. The van der Waals surface area contributed by atoms with Crippen LogP contribution in [0, 0.1) is 18.6 Å². The Morgan fingerprint density at radius 1 is 0.952 bits per heavy atom. The van der Waals surface area contributed by atoms with Crippen molar-refractivity contribution in [2.45, 2.75) is 18.8 Å². The summed E-state index contributed by atoms with van der Waals surface area (Å²) in [7, 11) is 0. The summed E-state index contributed by atoms with van der Waals surface area (Å²) in [4.78, 5) is 0. The first kappa shape index (κ1) is 16.6. The monoisotopic (exact) mass is 416 g/mol. The maximum Gasteiger partial charge on any atom is 0.123 e. The Balaban J connectivity index is 2.43. The zero-order valence-corrected chi connectivity index (χ0v) is 14.8. The van der Waals surface area contributed by atoms with E-state index >= 15 is 0 Å². The fourth-order valence-corrected chi connectivity index (χ4v) is 4.40. The van der Waals surface area contributed by atoms with Gasteiger partial charge in [-0.25, -0.2) is 8.78 Å². The zero-order valence-electron chi connectivity index (χ0n) is 11.7. The molecule has 21 heavy (non-hydrogen) atoms. The van der Waals surface area contributed by atoms with Gasteiger partial charge in [0.15, 0.2) is 0 Å². The van der Waals surface area contributed by atoms with E-state index in [9.17, 15) is 8.78 Å². The van der Waals surface area contributed by atoms with Crippen molar-refractivity contribution in [1.82, 2.24) is 0 Å². The third kappa shape index (κ3) is 3.72. The van der Waals surface area contributed by atoms with Crippen LogP contribution in [-0.2, 0) is 11.8 Å². The molecule has 0 heterocycles. The summed E-state index contributed by atoms with van der Waals surface area (Å²) in [6.45, 7) is 1.90. The van der Waals surface area contributed by atoms with Gasteiger partial charge in [-0.1, -0.05) is 50.1 Å². The fourth-order valence-electron chi connectivity index (χ4n) is 2.43. The van der Waals surface area contributed by atoms with E-state index in [0.29, 0.717) is 17.1 Å². The van der Waals surface area contributed by atoms with Gasteiger partial charge in [0.05, 0.1) is 0 Å². The molecule has 0 nitrogen and oxygen atoms in total. The molecule has 0 aliphatic heterocycles. The minimum Gasteiger partial charge on any atom is -0.207 e. The van der Waals surface area contributed by atoms with Crippen LogP contribution in [0.15, 0.2) is 42.5 Å². The van der Waals surface area contributed by atoms with E-state index in [-0.39, 0.29) is 17.0 Å². The van der Waals surface area contributed by atoms with E-state index in [2.05, 4.69) is 31.9 Å². The first-order valence-electron chi connectivity index (χ1n) is 6.64. The van der Waals surface area contributed by atoms with Gasteiger partial charge in [-0.15, -0.1) is 0 Å². The number of alkyl halides is 2. The van der Waals surface area contributed by atoms with Crippen LogP contribution < -0.4 is 0 Å². The van der Waals surface area contributed by atoms with E-state index in [1.165, 1.54) is 18.2 Å². The average Bonchev–Trinajstić information content (AvgIpc) is 2.47. The number of rotatable bonds is 5. The van der Waals surface area contributed by atoms with Crippen LogP contribution in [0.4, 0.5) is 8.78 Å². The van der Waals surface area contributed by atoms with E-state index < -0.39 is 0 Å². The highest BCUT2D eigenvalue weighted by atomic mass is 79.9. The van der Waals surface area contributed by atoms with Gasteiger partial charge in [0.25, 0.3) is 0 Å². The standard InChI is InChI=1S/C17H16Br2F2/c1-12-7-16(21)6-5-13(12)9-17(10-18,11-19)14-3-2-4-15(20)8-14/h2-8H,9-11H2,1H3. The van der Waals surface area contributed by atoms with Crippen LogP contribution in [0.5, 0.6) is 0 Å². The Kier molecular flexibility index (Phi) is 5.55. The van der Waals surface area contributed by atoms with E-state index in [4.69, 9.17) is 0 Å². The lowest BCUT2D eigenvalue weighted by Gasteiger charge is -2.31. The summed E-state index contributed by atoms with van der Waals surface area (Å²) in [5, 5.41) is 1.37. The van der Waals surface area contributed by atoms with Gasteiger partial charge in [-0.05, 0) is 54.3 Å². The van der Waals surface area contributed by atoms with E-state index in [0.717, 1.165) is 16.7 Å². The van der Waals surface area contributed by atoms with E-state index in [1.807, 2.05) is 19.1 Å². The van der Waals surface area contributed by atoms with Crippen molar-refractivity contribution in [3.8, 4) is 0 Å². The van der Waals surface area contributed by atoms with Crippen LogP contribution in [0.2, 0.25) is 0 Å². The lowest BCUT2D eigenvalue weighted by Crippen LogP contribution is -2.33. The summed E-state index contributed by atoms with van der Waals surface area (Å²) in [5.74, 6) is -0.472. The van der Waals surface area contributed by atoms with Gasteiger partial charge < -0.3 is 0 Å². The van der Waals surface area contributed by atoms with Gasteiger partial charge in [-0.2, -0.15) is 0 Å². The van der Waals surface area contributed by atoms with Crippen LogP contribution in [0.3, 0.4) is 0 Å². The minimum absolute atomic E-state index is 0.231. The second-order valence-corrected chi connectivity index (χ2v) is 6.43. The van der Waals surface area contributed by atoms with E-state index in [1.54, 1.807) is 12.1 Å². The van der Waals surface area contributed by atoms with Crippen molar-refractivity contribution in [3.05, 3.63) is 70.8 Å². The molecular weight excluding hydrogens is 402 g/mol. The fraction of sp³-hybridized carbons (Fsp3) is 0.294. The highest BCUT2D eigenvalue weighted by Gasteiger charge is 2.31. The molecule has 0 atom stereocenters. The smallest absolute Gasteiger partial charge is 0.123 e. The summed E-state index contributed by atoms with van der Waals surface area (Å²) in [6, 6.07) is 11.5. The largest absolute Gasteiger partial charge is 0.207 e. The lowest BCUT2D eigenvalue weighted by atomic mass is 9.78. The molecule has 2 rings (SSSR count). The van der Waals surface area contributed by atoms with Crippen molar-refractivity contribution in [3.63, 3.8) is 0 Å². The van der Waals surface area contributed by atoms with Crippen molar-refractivity contribution < 1.29 is 8.78 Å². The topological polar surface area (TPSA) is 0 Å². The second kappa shape index (κ2) is 7.01. The maximum atomic E-state index is 13.6. The molecule has 0 aliphatic carbocycles. The molecule has 2 aromatic carbocycles. The predicted octanol–water partition coefficient (Wildman–Crippen LogP) is 5.54. The van der Waals surface area contributed by atoms with Crippen LogP contribution in [0.25, 0.3) is 0 Å². The van der Waals surface area contributed by atoms with Crippen molar-refractivity contribution in [1.29, 1.82) is 0 Å². The molecule has 0 bridgehead atoms. The molecule has 2 aromatic rings. The first-order valence-corrected chi connectivity index (χ1v) is 8.88. The molecule has 0 aliphatic rings. The SMILES string of the molecule is Cc1cc(F)ccc1CC(CBr)(CBr)c1cccc(F)c1. The maximum absolute atomic E-state index is 13.6. The Hall–Kier alpha value is -0.740. The number of halogens is 4. The molecule has 0 amide bonds. The first-order chi connectivity index (χ1) is 10.0. The highest BCUT2D eigenvalue weighted by molar-refractivity contribution is 9.09. The Morgan fingerprint density at radius 3 is 2.19 bits per heavy atom. The Labute approximate surface area is 140 Å². The summed E-state index contributed by atoms with van der Waals surface area (Å²) >= 11 is 7.13. The predicted molar refractivity (Wildman–Crippen MR) is 90.5 cm³/mol. The molecular formula is C17H16Br2F2. The molecule has 112 valence electrons. The number of hydrogen-bond donors (Lipinski definition) is 0. The molecule has 4 heteroatoms. The normalized spacial score (nSPS) is 11.7. The van der Waals surface area contributed by atoms with Crippen molar-refractivity contribution in [2.24, 2.45) is 0 Å². The molecule has 0 unspecified atom stereocenters. The second-order valence-electron chi connectivity index (χ2n) is 5.31. The summed E-state index contributed by atoms with van der Waals surface area (Å²) in [5.41, 5.74) is 2.64. The molecule has 0 saturated carbocycles. The highest BCUT2D eigenvalue weighted by Crippen LogP contribution is 2.34. The zero-order chi connectivity index (χ0) is 15.5. The number of hydrogen-bond acceptors (Lipinski definition) is 0. The third-order valence-electron chi connectivity index (χ3n) is 3.78. The quantitative estimate of drug-likeness (QED) is 0.560.